The van der Waals surface area contributed by atoms with Crippen LogP contribution in [-0.4, -0.2) is 29.4 Å². The Kier molecular flexibility index (Phi) is 4.79. The molecule has 0 aliphatic carbocycles. The Morgan fingerprint density at radius 3 is 2.92 bits per heavy atom. The Bertz CT molecular complexity index is 829. The molecular weight excluding hydrogens is 322 g/mol. The first-order chi connectivity index (χ1) is 12.1. The molecule has 0 amide bonds. The van der Waals surface area contributed by atoms with E-state index in [9.17, 15) is 9.59 Å². The number of carbonyl (C=O) groups is 2. The standard InChI is InChI=1S/C19H17NO5/c1-3-23-19(22)12(2)24-14-6-7-15-16(10-14)25-17(18(15)21)9-13-5-4-8-20-11-13/h4-12H,3H2,1-2H3. The van der Waals surface area contributed by atoms with Gasteiger partial charge in [0.05, 0.1) is 12.2 Å². The number of esters is 1. The average Bonchev–Trinajstić information content (AvgIpc) is 2.91. The van der Waals surface area contributed by atoms with E-state index in [4.69, 9.17) is 14.2 Å². The van der Waals surface area contributed by atoms with Crippen molar-refractivity contribution in [1.82, 2.24) is 4.98 Å². The van der Waals surface area contributed by atoms with Crippen LogP contribution in [0.3, 0.4) is 0 Å². The third kappa shape index (κ3) is 3.68. The molecule has 128 valence electrons. The van der Waals surface area contributed by atoms with Gasteiger partial charge in [0.25, 0.3) is 0 Å². The number of nitrogens with zero attached hydrogens (tertiary/aromatic N) is 1. The molecule has 6 nitrogen and oxygen atoms in total. The van der Waals surface area contributed by atoms with Crippen LogP contribution in [0.5, 0.6) is 11.5 Å². The lowest BCUT2D eigenvalue weighted by Crippen LogP contribution is -2.26. The molecule has 1 aromatic heterocycles. The summed E-state index contributed by atoms with van der Waals surface area (Å²) in [6.07, 6.45) is 4.18. The summed E-state index contributed by atoms with van der Waals surface area (Å²) in [6.45, 7) is 3.62. The van der Waals surface area contributed by atoms with Crippen molar-refractivity contribution in [2.24, 2.45) is 0 Å². The highest BCUT2D eigenvalue weighted by molar-refractivity contribution is 6.14. The van der Waals surface area contributed by atoms with Crippen molar-refractivity contribution in [3.63, 3.8) is 0 Å². The second kappa shape index (κ2) is 7.17. The number of carbonyl (C=O) groups excluding carboxylic acids is 2. The summed E-state index contributed by atoms with van der Waals surface area (Å²) in [5.41, 5.74) is 1.22. The minimum atomic E-state index is -0.750. The Morgan fingerprint density at radius 1 is 1.36 bits per heavy atom. The summed E-state index contributed by atoms with van der Waals surface area (Å²) >= 11 is 0. The molecule has 0 spiro atoms. The summed E-state index contributed by atoms with van der Waals surface area (Å²) in [7, 11) is 0. The Balaban J connectivity index is 1.78. The molecule has 0 saturated heterocycles. The van der Waals surface area contributed by atoms with Gasteiger partial charge in [-0.1, -0.05) is 6.07 Å². The normalized spacial score (nSPS) is 15.4. The highest BCUT2D eigenvalue weighted by Gasteiger charge is 2.28. The van der Waals surface area contributed by atoms with Crippen LogP contribution in [0.25, 0.3) is 6.08 Å². The highest BCUT2D eigenvalue weighted by Crippen LogP contribution is 2.35. The number of allylic oxidation sites excluding steroid dienone is 1. The number of benzene rings is 1. The fraction of sp³-hybridized carbons (Fsp3) is 0.211. The van der Waals surface area contributed by atoms with E-state index >= 15 is 0 Å². The van der Waals surface area contributed by atoms with Gasteiger partial charge in [0.2, 0.25) is 5.78 Å². The number of aromatic nitrogens is 1. The van der Waals surface area contributed by atoms with E-state index in [2.05, 4.69) is 4.98 Å². The topological polar surface area (TPSA) is 74.7 Å². The molecule has 2 heterocycles. The second-order valence-electron chi connectivity index (χ2n) is 5.40. The van der Waals surface area contributed by atoms with Crippen molar-refractivity contribution >= 4 is 17.8 Å². The molecule has 25 heavy (non-hydrogen) atoms. The number of ether oxygens (including phenoxy) is 3. The zero-order valence-corrected chi connectivity index (χ0v) is 13.9. The quantitative estimate of drug-likeness (QED) is 0.616. The van der Waals surface area contributed by atoms with Crippen molar-refractivity contribution in [2.75, 3.05) is 6.61 Å². The summed E-state index contributed by atoms with van der Waals surface area (Å²) in [4.78, 5) is 28.0. The fourth-order valence-corrected chi connectivity index (χ4v) is 2.37. The van der Waals surface area contributed by atoms with Crippen LogP contribution in [0.2, 0.25) is 0 Å². The van der Waals surface area contributed by atoms with Crippen LogP contribution in [0.1, 0.15) is 29.8 Å². The van der Waals surface area contributed by atoms with Crippen LogP contribution in [0, 0.1) is 0 Å². The first kappa shape index (κ1) is 16.7. The van der Waals surface area contributed by atoms with Crippen LogP contribution in [-0.2, 0) is 9.53 Å². The Labute approximate surface area is 145 Å². The van der Waals surface area contributed by atoms with Gasteiger partial charge in [-0.3, -0.25) is 9.78 Å². The van der Waals surface area contributed by atoms with Gasteiger partial charge < -0.3 is 14.2 Å². The summed E-state index contributed by atoms with van der Waals surface area (Å²) in [5.74, 6) is 0.392. The summed E-state index contributed by atoms with van der Waals surface area (Å²) in [5, 5.41) is 0. The Hall–Kier alpha value is -3.15. The van der Waals surface area contributed by atoms with Crippen LogP contribution < -0.4 is 9.47 Å². The predicted octanol–water partition coefficient (Wildman–Crippen LogP) is 3.03. The first-order valence-corrected chi connectivity index (χ1v) is 7.90. The summed E-state index contributed by atoms with van der Waals surface area (Å²) < 4.78 is 16.1. The number of rotatable bonds is 5. The van der Waals surface area contributed by atoms with Crippen molar-refractivity contribution in [1.29, 1.82) is 0 Å². The van der Waals surface area contributed by atoms with Crippen molar-refractivity contribution in [3.05, 3.63) is 59.6 Å². The first-order valence-electron chi connectivity index (χ1n) is 7.90. The molecule has 1 unspecified atom stereocenters. The Morgan fingerprint density at radius 2 is 2.20 bits per heavy atom. The zero-order chi connectivity index (χ0) is 17.8. The molecule has 3 rings (SSSR count). The predicted molar refractivity (Wildman–Crippen MR) is 90.3 cm³/mol. The zero-order valence-electron chi connectivity index (χ0n) is 13.9. The molecule has 2 aromatic rings. The molecule has 1 aliphatic heterocycles. The lowest BCUT2D eigenvalue weighted by Gasteiger charge is -2.13. The van der Waals surface area contributed by atoms with E-state index in [1.54, 1.807) is 56.6 Å². The maximum atomic E-state index is 12.4. The fourth-order valence-electron chi connectivity index (χ4n) is 2.37. The smallest absolute Gasteiger partial charge is 0.347 e. The highest BCUT2D eigenvalue weighted by atomic mass is 16.6. The van der Waals surface area contributed by atoms with Crippen LogP contribution >= 0.6 is 0 Å². The molecule has 1 aliphatic rings. The number of pyridine rings is 1. The van der Waals surface area contributed by atoms with Gasteiger partial charge >= 0.3 is 5.97 Å². The van der Waals surface area contributed by atoms with Gasteiger partial charge in [0.1, 0.15) is 11.5 Å². The molecule has 0 bridgehead atoms. The number of ketones is 1. The number of fused-ring (bicyclic) bond motifs is 1. The van der Waals surface area contributed by atoms with Gasteiger partial charge in [-0.15, -0.1) is 0 Å². The third-order valence-electron chi connectivity index (χ3n) is 3.55. The molecular formula is C19H17NO5. The van der Waals surface area contributed by atoms with Crippen molar-refractivity contribution < 1.29 is 23.8 Å². The number of hydrogen-bond acceptors (Lipinski definition) is 6. The minimum Gasteiger partial charge on any atom is -0.479 e. The van der Waals surface area contributed by atoms with Crippen LogP contribution in [0.4, 0.5) is 0 Å². The van der Waals surface area contributed by atoms with Gasteiger partial charge in [0, 0.05) is 18.5 Å². The lowest BCUT2D eigenvalue weighted by atomic mass is 10.1. The molecule has 6 heteroatoms. The van der Waals surface area contributed by atoms with E-state index < -0.39 is 12.1 Å². The van der Waals surface area contributed by atoms with Crippen LogP contribution in [0.15, 0.2) is 48.5 Å². The van der Waals surface area contributed by atoms with Gasteiger partial charge in [-0.2, -0.15) is 0 Å². The SMILES string of the molecule is CCOC(=O)C(C)Oc1ccc2c(c1)OC(=Cc1cccnc1)C2=O. The van der Waals surface area contributed by atoms with Gasteiger partial charge in [0.15, 0.2) is 11.9 Å². The van der Waals surface area contributed by atoms with Crippen molar-refractivity contribution in [3.8, 4) is 11.5 Å². The van der Waals surface area contributed by atoms with Crippen molar-refractivity contribution in [2.45, 2.75) is 20.0 Å². The molecule has 0 radical (unpaired) electrons. The minimum absolute atomic E-state index is 0.205. The largest absolute Gasteiger partial charge is 0.479 e. The van der Waals surface area contributed by atoms with E-state index in [1.807, 2.05) is 6.07 Å². The molecule has 0 saturated carbocycles. The number of hydrogen-bond donors (Lipinski definition) is 0. The summed E-state index contributed by atoms with van der Waals surface area (Å²) in [6, 6.07) is 8.45. The maximum Gasteiger partial charge on any atom is 0.347 e. The molecule has 1 aromatic carbocycles. The molecule has 1 atom stereocenters. The third-order valence-corrected chi connectivity index (χ3v) is 3.55. The van der Waals surface area contributed by atoms with E-state index in [1.165, 1.54) is 0 Å². The van der Waals surface area contributed by atoms with Gasteiger partial charge in [-0.05, 0) is 43.7 Å². The number of Topliss-reactive ketones (excluding diaryl/α,β-unsaturated/α-hetero) is 1. The van der Waals surface area contributed by atoms with E-state index in [-0.39, 0.29) is 18.1 Å². The van der Waals surface area contributed by atoms with E-state index in [0.29, 0.717) is 17.1 Å². The second-order valence-corrected chi connectivity index (χ2v) is 5.40. The average molecular weight is 339 g/mol. The molecule has 0 N–H and O–H groups in total. The van der Waals surface area contributed by atoms with E-state index in [0.717, 1.165) is 5.56 Å². The molecule has 0 fully saturated rings. The monoisotopic (exact) mass is 339 g/mol. The van der Waals surface area contributed by atoms with Gasteiger partial charge in [-0.25, -0.2) is 4.79 Å². The maximum absolute atomic E-state index is 12.4. The lowest BCUT2D eigenvalue weighted by molar-refractivity contribution is -0.150.